The van der Waals surface area contributed by atoms with Crippen molar-refractivity contribution in [2.24, 2.45) is 0 Å². The molecule has 1 rings (SSSR count). The summed E-state index contributed by atoms with van der Waals surface area (Å²) in [6.07, 6.45) is 0. The summed E-state index contributed by atoms with van der Waals surface area (Å²) in [5.74, 6) is -1.39. The number of nitrogens with zero attached hydrogens (tertiary/aromatic N) is 2. The molecule has 8 heteroatoms. The quantitative estimate of drug-likeness (QED) is 0.715. The summed E-state index contributed by atoms with van der Waals surface area (Å²) in [6.45, 7) is 3.95. The molecule has 8 nitrogen and oxygen atoms in total. The Balaban J connectivity index is 2.75. The third-order valence-electron chi connectivity index (χ3n) is 2.81. The lowest BCUT2D eigenvalue weighted by atomic mass is 10.2. The number of ether oxygens (including phenoxy) is 1. The number of rotatable bonds is 4. The van der Waals surface area contributed by atoms with E-state index >= 15 is 0 Å². The first-order valence-corrected chi connectivity index (χ1v) is 6.44. The van der Waals surface area contributed by atoms with Crippen molar-refractivity contribution in [2.45, 2.75) is 25.9 Å². The van der Waals surface area contributed by atoms with Gasteiger partial charge in [0.05, 0.1) is 13.2 Å². The Morgan fingerprint density at radius 1 is 1.45 bits per heavy atom. The van der Waals surface area contributed by atoms with Crippen LogP contribution in [0.25, 0.3) is 0 Å². The Morgan fingerprint density at radius 2 is 2.10 bits per heavy atom. The molecule has 20 heavy (non-hydrogen) atoms. The first-order chi connectivity index (χ1) is 9.32. The number of morpholine rings is 1. The fourth-order valence-electron chi connectivity index (χ4n) is 1.92. The Bertz CT molecular complexity index is 385. The van der Waals surface area contributed by atoms with Crippen molar-refractivity contribution in [3.8, 4) is 0 Å². The summed E-state index contributed by atoms with van der Waals surface area (Å²) in [5, 5.41) is 11.4. The summed E-state index contributed by atoms with van der Waals surface area (Å²) in [7, 11) is 1.39. The second-order valence-electron chi connectivity index (χ2n) is 4.98. The van der Waals surface area contributed by atoms with Crippen LogP contribution in [-0.4, -0.2) is 78.2 Å². The number of carbonyl (C=O) groups is 3. The molecule has 0 radical (unpaired) electrons. The number of urea groups is 1. The highest BCUT2D eigenvalue weighted by molar-refractivity contribution is 5.88. The third-order valence-corrected chi connectivity index (χ3v) is 2.81. The minimum atomic E-state index is -1.10. The second-order valence-corrected chi connectivity index (χ2v) is 4.98. The van der Waals surface area contributed by atoms with Gasteiger partial charge < -0.3 is 25.0 Å². The van der Waals surface area contributed by atoms with Crippen molar-refractivity contribution >= 4 is 17.9 Å². The first-order valence-electron chi connectivity index (χ1n) is 6.44. The Labute approximate surface area is 117 Å². The minimum Gasteiger partial charge on any atom is -0.480 e. The van der Waals surface area contributed by atoms with Crippen LogP contribution >= 0.6 is 0 Å². The van der Waals surface area contributed by atoms with Gasteiger partial charge in [-0.25, -0.2) is 4.79 Å². The highest BCUT2D eigenvalue weighted by atomic mass is 16.5. The molecule has 1 unspecified atom stereocenters. The van der Waals surface area contributed by atoms with E-state index in [1.165, 1.54) is 11.9 Å². The molecule has 0 aromatic heterocycles. The number of carboxylic acids is 1. The fourth-order valence-corrected chi connectivity index (χ4v) is 1.92. The van der Waals surface area contributed by atoms with Crippen LogP contribution < -0.4 is 5.32 Å². The number of hydrogen-bond donors (Lipinski definition) is 2. The van der Waals surface area contributed by atoms with E-state index < -0.39 is 24.6 Å². The molecule has 1 saturated heterocycles. The average molecular weight is 287 g/mol. The summed E-state index contributed by atoms with van der Waals surface area (Å²) in [4.78, 5) is 37.3. The lowest BCUT2D eigenvalue weighted by molar-refractivity contribution is -0.137. The molecule has 114 valence electrons. The molecule has 0 saturated carbocycles. The van der Waals surface area contributed by atoms with E-state index in [2.05, 4.69) is 5.32 Å². The van der Waals surface area contributed by atoms with Crippen molar-refractivity contribution in [3.05, 3.63) is 0 Å². The molecule has 0 spiro atoms. The molecule has 2 N–H and O–H groups in total. The lowest BCUT2D eigenvalue weighted by Crippen LogP contribution is -2.59. The van der Waals surface area contributed by atoms with Gasteiger partial charge in [-0.2, -0.15) is 0 Å². The van der Waals surface area contributed by atoms with Crippen molar-refractivity contribution in [3.63, 3.8) is 0 Å². The molecule has 1 atom stereocenters. The number of amides is 3. The van der Waals surface area contributed by atoms with Crippen LogP contribution in [0.5, 0.6) is 0 Å². The van der Waals surface area contributed by atoms with Crippen molar-refractivity contribution in [1.29, 1.82) is 0 Å². The Kier molecular flexibility index (Phi) is 5.75. The number of nitrogens with one attached hydrogen (secondary N) is 1. The predicted octanol–water partition coefficient (Wildman–Crippen LogP) is -0.652. The maximum Gasteiger partial charge on any atom is 0.323 e. The highest BCUT2D eigenvalue weighted by Crippen LogP contribution is 2.10. The number of carbonyl (C=O) groups excluding carboxylic acids is 2. The van der Waals surface area contributed by atoms with Gasteiger partial charge in [0.25, 0.3) is 0 Å². The van der Waals surface area contributed by atoms with E-state index in [0.717, 1.165) is 4.90 Å². The van der Waals surface area contributed by atoms with Gasteiger partial charge in [-0.1, -0.05) is 0 Å². The van der Waals surface area contributed by atoms with Crippen LogP contribution in [-0.2, 0) is 14.3 Å². The first kappa shape index (κ1) is 16.2. The van der Waals surface area contributed by atoms with Gasteiger partial charge in [0, 0.05) is 19.6 Å². The smallest absolute Gasteiger partial charge is 0.323 e. The Hall–Kier alpha value is -1.83. The van der Waals surface area contributed by atoms with Crippen molar-refractivity contribution in [1.82, 2.24) is 15.1 Å². The van der Waals surface area contributed by atoms with Crippen molar-refractivity contribution in [2.75, 3.05) is 33.4 Å². The second kappa shape index (κ2) is 7.09. The standard InChI is InChI=1S/C12H21N3O5/c1-8(2)13-11(18)9-7-20-5-4-15(9)12(19)14(3)6-10(16)17/h8-9H,4-7H2,1-3H3,(H,13,18)(H,16,17). The lowest BCUT2D eigenvalue weighted by Gasteiger charge is -2.36. The SMILES string of the molecule is CC(C)NC(=O)C1COCCN1C(=O)N(C)CC(=O)O. The molecular weight excluding hydrogens is 266 g/mol. The fraction of sp³-hybridized carbons (Fsp3) is 0.750. The largest absolute Gasteiger partial charge is 0.480 e. The van der Waals surface area contributed by atoms with Gasteiger partial charge in [0.2, 0.25) is 5.91 Å². The maximum atomic E-state index is 12.2. The van der Waals surface area contributed by atoms with E-state index in [1.807, 2.05) is 13.8 Å². The van der Waals surface area contributed by atoms with Crippen molar-refractivity contribution < 1.29 is 24.2 Å². The Morgan fingerprint density at radius 3 is 2.65 bits per heavy atom. The molecule has 0 bridgehead atoms. The molecule has 1 fully saturated rings. The molecular formula is C12H21N3O5. The topological polar surface area (TPSA) is 99.2 Å². The minimum absolute atomic E-state index is 0.0434. The van der Waals surface area contributed by atoms with Crippen LogP contribution in [0.1, 0.15) is 13.8 Å². The summed E-state index contributed by atoms with van der Waals surface area (Å²) in [5.41, 5.74) is 0. The molecule has 0 aliphatic carbocycles. The van der Waals surface area contributed by atoms with Gasteiger partial charge in [0.1, 0.15) is 12.6 Å². The van der Waals surface area contributed by atoms with Crippen LogP contribution in [0, 0.1) is 0 Å². The number of aliphatic carboxylic acids is 1. The number of hydrogen-bond acceptors (Lipinski definition) is 4. The van der Waals surface area contributed by atoms with E-state index in [4.69, 9.17) is 9.84 Å². The zero-order chi connectivity index (χ0) is 15.3. The van der Waals surface area contributed by atoms with Crippen LogP contribution in [0.15, 0.2) is 0 Å². The normalized spacial score (nSPS) is 18.8. The van der Waals surface area contributed by atoms with E-state index in [0.29, 0.717) is 6.61 Å². The number of likely N-dealkylation sites (N-methyl/N-ethyl adjacent to an activating group) is 1. The molecule has 3 amide bonds. The van der Waals surface area contributed by atoms with Gasteiger partial charge in [0.15, 0.2) is 0 Å². The number of carboxylic acid groups (broad SMARTS) is 1. The van der Waals surface area contributed by atoms with Crippen LogP contribution in [0.3, 0.4) is 0 Å². The molecule has 1 aliphatic heterocycles. The van der Waals surface area contributed by atoms with E-state index in [9.17, 15) is 14.4 Å². The zero-order valence-electron chi connectivity index (χ0n) is 12.0. The van der Waals surface area contributed by atoms with E-state index in [-0.39, 0.29) is 25.1 Å². The van der Waals surface area contributed by atoms with Gasteiger partial charge in [-0.3, -0.25) is 9.59 Å². The van der Waals surface area contributed by atoms with Crippen LogP contribution in [0.4, 0.5) is 4.79 Å². The highest BCUT2D eigenvalue weighted by Gasteiger charge is 2.34. The van der Waals surface area contributed by atoms with E-state index in [1.54, 1.807) is 0 Å². The molecule has 0 aromatic rings. The van der Waals surface area contributed by atoms with Gasteiger partial charge >= 0.3 is 12.0 Å². The summed E-state index contributed by atoms with van der Waals surface area (Å²) >= 11 is 0. The average Bonchev–Trinajstić information content (AvgIpc) is 2.36. The summed E-state index contributed by atoms with van der Waals surface area (Å²) in [6, 6.07) is -1.26. The van der Waals surface area contributed by atoms with Gasteiger partial charge in [-0.05, 0) is 13.8 Å². The molecule has 1 aliphatic rings. The zero-order valence-corrected chi connectivity index (χ0v) is 12.0. The predicted molar refractivity (Wildman–Crippen MR) is 70.3 cm³/mol. The monoisotopic (exact) mass is 287 g/mol. The van der Waals surface area contributed by atoms with Gasteiger partial charge in [-0.15, -0.1) is 0 Å². The third kappa shape index (κ3) is 4.37. The molecule has 0 aromatic carbocycles. The maximum absolute atomic E-state index is 12.2. The molecule has 1 heterocycles. The summed E-state index contributed by atoms with van der Waals surface area (Å²) < 4.78 is 5.24. The van der Waals surface area contributed by atoms with Crippen LogP contribution in [0.2, 0.25) is 0 Å².